The van der Waals surface area contributed by atoms with Gasteiger partial charge in [0.25, 0.3) is 0 Å². The van der Waals surface area contributed by atoms with Gasteiger partial charge in [-0.3, -0.25) is 0 Å². The van der Waals surface area contributed by atoms with Gasteiger partial charge in [0, 0.05) is 24.9 Å². The molecule has 0 bridgehead atoms. The third-order valence-electron chi connectivity index (χ3n) is 4.03. The highest BCUT2D eigenvalue weighted by Gasteiger charge is 2.16. The maximum absolute atomic E-state index is 6.16. The normalized spacial score (nSPS) is 11.5. The second-order valence-electron chi connectivity index (χ2n) is 5.60. The van der Waals surface area contributed by atoms with E-state index >= 15 is 0 Å². The van der Waals surface area contributed by atoms with Crippen molar-refractivity contribution in [3.63, 3.8) is 0 Å². The van der Waals surface area contributed by atoms with Crippen LogP contribution in [0.15, 0.2) is 24.3 Å². The summed E-state index contributed by atoms with van der Waals surface area (Å²) in [5.41, 5.74) is 9.04. The Labute approximate surface area is 130 Å². The average Bonchev–Trinajstić information content (AvgIpc) is 2.90. The zero-order valence-corrected chi connectivity index (χ0v) is 13.3. The second-order valence-corrected chi connectivity index (χ2v) is 5.60. The molecule has 5 heteroatoms. The maximum atomic E-state index is 6.16. The Morgan fingerprint density at radius 1 is 1.23 bits per heavy atom. The number of rotatable bonds is 6. The van der Waals surface area contributed by atoms with Gasteiger partial charge in [0.2, 0.25) is 0 Å². The summed E-state index contributed by atoms with van der Waals surface area (Å²) in [6.45, 7) is 3.99. The van der Waals surface area contributed by atoms with Crippen molar-refractivity contribution in [2.24, 2.45) is 0 Å². The molecule has 0 aliphatic carbocycles. The molecular weight excluding hydrogens is 274 g/mol. The third-order valence-corrected chi connectivity index (χ3v) is 4.03. The number of nitrogens with zero attached hydrogens (tertiary/aromatic N) is 3. The lowest BCUT2D eigenvalue weighted by Crippen LogP contribution is -2.16. The molecule has 0 amide bonds. The van der Waals surface area contributed by atoms with Crippen molar-refractivity contribution in [2.45, 2.75) is 32.7 Å². The van der Waals surface area contributed by atoms with E-state index in [0.717, 1.165) is 60.1 Å². The standard InChI is InChI=1S/C17H23N5/c1-3-4-9-14-21-15-16(22(14)11-10-19-2)12-7-5-6-8-13(12)20-17(15)18/h5-8,19H,3-4,9-11H2,1-2H3,(H2,18,20). The number of aryl methyl sites for hydroxylation is 1. The number of hydrogen-bond acceptors (Lipinski definition) is 4. The Kier molecular flexibility index (Phi) is 4.24. The van der Waals surface area contributed by atoms with Crippen LogP contribution in [0.2, 0.25) is 0 Å². The third kappa shape index (κ3) is 2.52. The number of benzene rings is 1. The lowest BCUT2D eigenvalue weighted by molar-refractivity contribution is 0.615. The fraction of sp³-hybridized carbons (Fsp3) is 0.412. The number of para-hydroxylation sites is 1. The topological polar surface area (TPSA) is 68.8 Å². The quantitative estimate of drug-likeness (QED) is 0.734. The van der Waals surface area contributed by atoms with Crippen LogP contribution in [-0.2, 0) is 13.0 Å². The van der Waals surface area contributed by atoms with Gasteiger partial charge >= 0.3 is 0 Å². The van der Waals surface area contributed by atoms with Gasteiger partial charge in [-0.05, 0) is 19.5 Å². The smallest absolute Gasteiger partial charge is 0.152 e. The number of hydrogen-bond donors (Lipinski definition) is 2. The molecule has 0 fully saturated rings. The van der Waals surface area contributed by atoms with Crippen LogP contribution in [0.4, 0.5) is 5.82 Å². The van der Waals surface area contributed by atoms with Crippen molar-refractivity contribution in [1.82, 2.24) is 19.9 Å². The minimum atomic E-state index is 0.523. The van der Waals surface area contributed by atoms with Crippen LogP contribution >= 0.6 is 0 Å². The number of nitrogen functional groups attached to an aromatic ring is 1. The molecule has 1 aromatic carbocycles. The number of imidazole rings is 1. The highest BCUT2D eigenvalue weighted by Crippen LogP contribution is 2.29. The van der Waals surface area contributed by atoms with E-state index in [0.29, 0.717) is 5.82 Å². The highest BCUT2D eigenvalue weighted by atomic mass is 15.1. The van der Waals surface area contributed by atoms with E-state index < -0.39 is 0 Å². The summed E-state index contributed by atoms with van der Waals surface area (Å²) in [7, 11) is 1.97. The van der Waals surface area contributed by atoms with Crippen LogP contribution in [-0.4, -0.2) is 28.1 Å². The number of unbranched alkanes of at least 4 members (excludes halogenated alkanes) is 1. The Morgan fingerprint density at radius 3 is 2.82 bits per heavy atom. The van der Waals surface area contributed by atoms with E-state index in [2.05, 4.69) is 27.9 Å². The number of nitrogens with one attached hydrogen (secondary N) is 1. The van der Waals surface area contributed by atoms with E-state index in [-0.39, 0.29) is 0 Å². The van der Waals surface area contributed by atoms with E-state index in [1.165, 1.54) is 0 Å². The largest absolute Gasteiger partial charge is 0.382 e. The summed E-state index contributed by atoms with van der Waals surface area (Å²) in [6.07, 6.45) is 3.26. The van der Waals surface area contributed by atoms with Crippen molar-refractivity contribution in [3.8, 4) is 0 Å². The van der Waals surface area contributed by atoms with Crippen LogP contribution in [0, 0.1) is 0 Å². The lowest BCUT2D eigenvalue weighted by Gasteiger charge is -2.10. The number of aromatic nitrogens is 3. The number of pyridine rings is 1. The van der Waals surface area contributed by atoms with Crippen LogP contribution in [0.1, 0.15) is 25.6 Å². The predicted octanol–water partition coefficient (Wildman–Crippen LogP) is 2.73. The Hall–Kier alpha value is -2.14. The van der Waals surface area contributed by atoms with Gasteiger partial charge in [0.15, 0.2) is 5.82 Å². The van der Waals surface area contributed by atoms with E-state index in [1.54, 1.807) is 0 Å². The van der Waals surface area contributed by atoms with Crippen molar-refractivity contribution in [1.29, 1.82) is 0 Å². The summed E-state index contributed by atoms with van der Waals surface area (Å²) in [4.78, 5) is 9.31. The monoisotopic (exact) mass is 297 g/mol. The molecule has 22 heavy (non-hydrogen) atoms. The van der Waals surface area contributed by atoms with Gasteiger partial charge in [-0.1, -0.05) is 31.5 Å². The first-order valence-corrected chi connectivity index (χ1v) is 7.94. The first-order chi connectivity index (χ1) is 10.8. The summed E-state index contributed by atoms with van der Waals surface area (Å²) in [5.74, 6) is 1.63. The summed E-state index contributed by atoms with van der Waals surface area (Å²) >= 11 is 0. The van der Waals surface area contributed by atoms with Crippen molar-refractivity contribution in [3.05, 3.63) is 30.1 Å². The zero-order chi connectivity index (χ0) is 15.5. The van der Waals surface area contributed by atoms with Gasteiger partial charge < -0.3 is 15.6 Å². The lowest BCUT2D eigenvalue weighted by atomic mass is 10.2. The van der Waals surface area contributed by atoms with Crippen molar-refractivity contribution < 1.29 is 0 Å². The Balaban J connectivity index is 2.27. The minimum Gasteiger partial charge on any atom is -0.382 e. The molecule has 0 saturated heterocycles. The molecule has 0 atom stereocenters. The molecule has 0 radical (unpaired) electrons. The van der Waals surface area contributed by atoms with Crippen LogP contribution in [0.25, 0.3) is 21.9 Å². The molecule has 0 saturated carbocycles. The predicted molar refractivity (Wildman–Crippen MR) is 92.0 cm³/mol. The Morgan fingerprint density at radius 2 is 2.05 bits per heavy atom. The highest BCUT2D eigenvalue weighted by molar-refractivity contribution is 6.06. The van der Waals surface area contributed by atoms with Crippen LogP contribution < -0.4 is 11.1 Å². The zero-order valence-electron chi connectivity index (χ0n) is 13.3. The molecule has 5 nitrogen and oxygen atoms in total. The molecule has 2 heterocycles. The summed E-state index contributed by atoms with van der Waals surface area (Å²) in [5, 5.41) is 4.34. The van der Waals surface area contributed by atoms with Gasteiger partial charge in [0.05, 0.1) is 11.0 Å². The molecule has 0 aliphatic rings. The molecule has 0 unspecified atom stereocenters. The minimum absolute atomic E-state index is 0.523. The summed E-state index contributed by atoms with van der Waals surface area (Å²) < 4.78 is 2.31. The van der Waals surface area contributed by atoms with Gasteiger partial charge in [-0.15, -0.1) is 0 Å². The number of likely N-dealkylation sites (N-methyl/N-ethyl adjacent to an activating group) is 1. The summed E-state index contributed by atoms with van der Waals surface area (Å²) in [6, 6.07) is 8.14. The van der Waals surface area contributed by atoms with Gasteiger partial charge in [-0.25, -0.2) is 9.97 Å². The van der Waals surface area contributed by atoms with Crippen molar-refractivity contribution in [2.75, 3.05) is 19.3 Å². The molecule has 0 aliphatic heterocycles. The first-order valence-electron chi connectivity index (χ1n) is 7.94. The number of anilines is 1. The van der Waals surface area contributed by atoms with E-state index in [4.69, 9.17) is 10.7 Å². The SMILES string of the molecule is CCCCc1nc2c(N)nc3ccccc3c2n1CCNC. The average molecular weight is 297 g/mol. The molecule has 116 valence electrons. The Bertz CT molecular complexity index is 790. The molecule has 3 N–H and O–H groups in total. The fourth-order valence-corrected chi connectivity index (χ4v) is 2.90. The molecule has 3 aromatic rings. The fourth-order valence-electron chi connectivity index (χ4n) is 2.90. The van der Waals surface area contributed by atoms with E-state index in [9.17, 15) is 0 Å². The number of nitrogens with two attached hydrogens (primary N) is 1. The number of fused-ring (bicyclic) bond motifs is 3. The second kappa shape index (κ2) is 6.32. The molecule has 3 rings (SSSR count). The van der Waals surface area contributed by atoms with Gasteiger partial charge in [0.1, 0.15) is 11.3 Å². The van der Waals surface area contributed by atoms with Crippen LogP contribution in [0.3, 0.4) is 0 Å². The van der Waals surface area contributed by atoms with Crippen LogP contribution in [0.5, 0.6) is 0 Å². The first kappa shape index (κ1) is 14.8. The molecule has 0 spiro atoms. The molecular formula is C17H23N5. The van der Waals surface area contributed by atoms with E-state index in [1.807, 2.05) is 25.2 Å². The maximum Gasteiger partial charge on any atom is 0.152 e. The molecule has 2 aromatic heterocycles. The van der Waals surface area contributed by atoms with Crippen molar-refractivity contribution >= 4 is 27.8 Å². The van der Waals surface area contributed by atoms with Gasteiger partial charge in [-0.2, -0.15) is 0 Å².